The highest BCUT2D eigenvalue weighted by atomic mass is 16.5. The molecule has 3 nitrogen and oxygen atoms in total. The summed E-state index contributed by atoms with van der Waals surface area (Å²) in [5.41, 5.74) is 16.9. The van der Waals surface area contributed by atoms with Crippen molar-refractivity contribution in [1.82, 2.24) is 0 Å². The van der Waals surface area contributed by atoms with Crippen molar-refractivity contribution >= 4 is 44.9 Å². The summed E-state index contributed by atoms with van der Waals surface area (Å²) < 4.78 is 6.63. The molecule has 0 saturated carbocycles. The quantitative estimate of drug-likeness (QED) is 0.181. The average molecular weight is 709 g/mol. The van der Waals surface area contributed by atoms with E-state index in [1.54, 1.807) is 0 Å². The van der Waals surface area contributed by atoms with Crippen molar-refractivity contribution in [3.8, 4) is 33.8 Å². The molecule has 0 atom stereocenters. The van der Waals surface area contributed by atoms with Gasteiger partial charge in [-0.05, 0) is 111 Å². The van der Waals surface area contributed by atoms with Crippen LogP contribution in [0, 0.1) is 0 Å². The summed E-state index contributed by atoms with van der Waals surface area (Å²) in [5.74, 6) is 1.78. The van der Waals surface area contributed by atoms with Crippen LogP contribution < -0.4 is 14.5 Å². The zero-order chi connectivity index (χ0) is 37.1. The van der Waals surface area contributed by atoms with Crippen LogP contribution in [0.3, 0.4) is 0 Å². The van der Waals surface area contributed by atoms with E-state index >= 15 is 0 Å². The van der Waals surface area contributed by atoms with Crippen molar-refractivity contribution in [2.75, 3.05) is 9.80 Å². The summed E-state index contributed by atoms with van der Waals surface area (Å²) >= 11 is 0. The lowest BCUT2D eigenvalue weighted by molar-refractivity contribution is 0.472. The van der Waals surface area contributed by atoms with Crippen LogP contribution in [-0.2, 0) is 10.8 Å². The zero-order valence-corrected chi connectivity index (χ0v) is 31.5. The maximum Gasteiger partial charge on any atom is 0.152 e. The predicted molar refractivity (Wildman–Crippen MR) is 229 cm³/mol. The van der Waals surface area contributed by atoms with Gasteiger partial charge in [0.1, 0.15) is 0 Å². The van der Waals surface area contributed by atoms with Gasteiger partial charge in [-0.15, -0.1) is 0 Å². The van der Waals surface area contributed by atoms with E-state index in [0.717, 1.165) is 39.9 Å². The molecule has 8 aromatic carbocycles. The first kappa shape index (κ1) is 31.9. The SMILES string of the molecule is CC1(C)c2ccccc2-c2ccc(N(c3ccccc3)c3ccc(-c4ccc5c(c4)C(C)(C)c4cccc6c4N5c4c(ccc5ccccc45)O6)cc3)cc21. The number of rotatable bonds is 4. The monoisotopic (exact) mass is 708 g/mol. The molecule has 0 saturated heterocycles. The second kappa shape index (κ2) is 11.5. The summed E-state index contributed by atoms with van der Waals surface area (Å²) in [5, 5.41) is 2.39. The lowest BCUT2D eigenvalue weighted by Crippen LogP contribution is -2.32. The van der Waals surface area contributed by atoms with E-state index in [1.165, 1.54) is 61.0 Å². The molecule has 3 aliphatic rings. The third-order valence-electron chi connectivity index (χ3n) is 12.4. The van der Waals surface area contributed by atoms with E-state index in [1.807, 2.05) is 0 Å². The molecule has 0 unspecified atom stereocenters. The molecule has 0 fully saturated rings. The predicted octanol–water partition coefficient (Wildman–Crippen LogP) is 14.5. The van der Waals surface area contributed by atoms with Gasteiger partial charge in [0.15, 0.2) is 11.5 Å². The molecule has 0 spiro atoms. The van der Waals surface area contributed by atoms with Crippen molar-refractivity contribution in [2.45, 2.75) is 38.5 Å². The topological polar surface area (TPSA) is 15.7 Å². The number of ether oxygens (including phenoxy) is 1. The lowest BCUT2D eigenvalue weighted by Gasteiger charge is -2.45. The van der Waals surface area contributed by atoms with Gasteiger partial charge in [-0.2, -0.15) is 0 Å². The van der Waals surface area contributed by atoms with Crippen LogP contribution in [0.2, 0.25) is 0 Å². The van der Waals surface area contributed by atoms with Crippen molar-refractivity contribution < 1.29 is 4.74 Å². The van der Waals surface area contributed by atoms with E-state index in [2.05, 4.69) is 207 Å². The van der Waals surface area contributed by atoms with Crippen LogP contribution in [0.1, 0.15) is 49.9 Å². The van der Waals surface area contributed by atoms with Gasteiger partial charge >= 0.3 is 0 Å². The summed E-state index contributed by atoms with van der Waals surface area (Å²) in [6.45, 7) is 9.39. The molecular weight excluding hydrogens is 669 g/mol. The molecule has 2 heterocycles. The molecule has 8 aromatic rings. The smallest absolute Gasteiger partial charge is 0.152 e. The van der Waals surface area contributed by atoms with Gasteiger partial charge in [0.25, 0.3) is 0 Å². The van der Waals surface area contributed by atoms with Crippen LogP contribution in [0.4, 0.5) is 34.1 Å². The van der Waals surface area contributed by atoms with E-state index in [4.69, 9.17) is 4.74 Å². The Morgan fingerprint density at radius 3 is 1.95 bits per heavy atom. The molecule has 0 bridgehead atoms. The molecule has 2 aliphatic heterocycles. The van der Waals surface area contributed by atoms with E-state index in [-0.39, 0.29) is 10.8 Å². The number of anilines is 6. The largest absolute Gasteiger partial charge is 0.453 e. The van der Waals surface area contributed by atoms with Gasteiger partial charge in [-0.1, -0.05) is 137 Å². The highest BCUT2D eigenvalue weighted by molar-refractivity contribution is 6.06. The Labute approximate surface area is 322 Å². The van der Waals surface area contributed by atoms with Crippen LogP contribution in [0.25, 0.3) is 33.0 Å². The summed E-state index contributed by atoms with van der Waals surface area (Å²) in [4.78, 5) is 4.83. The average Bonchev–Trinajstić information content (AvgIpc) is 3.45. The molecule has 0 N–H and O–H groups in total. The number of benzene rings is 8. The number of nitrogens with zero attached hydrogens (tertiary/aromatic N) is 2. The fraction of sp³-hybridized carbons (Fsp3) is 0.115. The summed E-state index contributed by atoms with van der Waals surface area (Å²) in [7, 11) is 0. The minimum absolute atomic E-state index is 0.0765. The van der Waals surface area contributed by atoms with E-state index in [0.29, 0.717) is 0 Å². The van der Waals surface area contributed by atoms with Crippen LogP contribution >= 0.6 is 0 Å². The van der Waals surface area contributed by atoms with Crippen molar-refractivity contribution in [3.05, 3.63) is 192 Å². The third-order valence-corrected chi connectivity index (χ3v) is 12.4. The molecule has 264 valence electrons. The molecule has 11 rings (SSSR count). The Morgan fingerprint density at radius 2 is 1.09 bits per heavy atom. The summed E-state index contributed by atoms with van der Waals surface area (Å²) in [6.07, 6.45) is 0. The van der Waals surface area contributed by atoms with Gasteiger partial charge in [0, 0.05) is 33.3 Å². The first-order valence-corrected chi connectivity index (χ1v) is 19.3. The number of hydrogen-bond donors (Lipinski definition) is 0. The second-order valence-electron chi connectivity index (χ2n) is 16.2. The molecule has 3 heteroatoms. The Morgan fingerprint density at radius 1 is 0.436 bits per heavy atom. The highest BCUT2D eigenvalue weighted by Crippen LogP contribution is 2.61. The van der Waals surface area contributed by atoms with Crippen LogP contribution in [0.15, 0.2) is 170 Å². The summed E-state index contributed by atoms with van der Waals surface area (Å²) in [6, 6.07) is 62.1. The first-order valence-electron chi connectivity index (χ1n) is 19.3. The fourth-order valence-electron chi connectivity index (χ4n) is 9.57. The van der Waals surface area contributed by atoms with Gasteiger partial charge in [-0.25, -0.2) is 0 Å². The Kier molecular flexibility index (Phi) is 6.65. The molecular formula is C52H40N2O. The normalized spacial score (nSPS) is 14.9. The Bertz CT molecular complexity index is 2850. The Balaban J connectivity index is 1.01. The molecule has 0 amide bonds. The van der Waals surface area contributed by atoms with Crippen molar-refractivity contribution in [1.29, 1.82) is 0 Å². The number of fused-ring (bicyclic) bond motifs is 9. The minimum Gasteiger partial charge on any atom is -0.453 e. The van der Waals surface area contributed by atoms with Gasteiger partial charge in [0.2, 0.25) is 0 Å². The molecule has 0 radical (unpaired) electrons. The molecule has 1 aliphatic carbocycles. The molecule has 0 aromatic heterocycles. The van der Waals surface area contributed by atoms with Crippen molar-refractivity contribution in [2.24, 2.45) is 0 Å². The second-order valence-corrected chi connectivity index (χ2v) is 16.2. The first-order chi connectivity index (χ1) is 26.8. The standard InChI is InChI=1S/C52H40N2O/c1-51(2)42-18-11-10-17-40(42)41-28-27-38(32-44(41)51)53(36-14-6-5-7-15-36)37-25-21-33(22-26-37)35-23-29-46-45(31-35)52(3,4)43-19-12-20-47-50(43)54(46)49-39-16-9-8-13-34(39)24-30-48(49)55-47/h5-32H,1-4H3. The van der Waals surface area contributed by atoms with E-state index < -0.39 is 0 Å². The fourth-order valence-corrected chi connectivity index (χ4v) is 9.57. The Hall–Kier alpha value is -6.58. The van der Waals surface area contributed by atoms with Gasteiger partial charge in [-0.3, -0.25) is 0 Å². The maximum absolute atomic E-state index is 6.63. The van der Waals surface area contributed by atoms with Crippen molar-refractivity contribution in [3.63, 3.8) is 0 Å². The minimum atomic E-state index is -0.246. The number of para-hydroxylation sites is 2. The van der Waals surface area contributed by atoms with Crippen LogP contribution in [0.5, 0.6) is 11.5 Å². The zero-order valence-electron chi connectivity index (χ0n) is 31.5. The highest BCUT2D eigenvalue weighted by Gasteiger charge is 2.42. The molecule has 55 heavy (non-hydrogen) atoms. The van der Waals surface area contributed by atoms with E-state index in [9.17, 15) is 0 Å². The number of hydrogen-bond acceptors (Lipinski definition) is 3. The lowest BCUT2D eigenvalue weighted by atomic mass is 9.72. The van der Waals surface area contributed by atoms with Gasteiger partial charge in [0.05, 0.1) is 17.1 Å². The van der Waals surface area contributed by atoms with Gasteiger partial charge < -0.3 is 14.5 Å². The van der Waals surface area contributed by atoms with Crippen LogP contribution in [-0.4, -0.2) is 0 Å². The third kappa shape index (κ3) is 4.56. The maximum atomic E-state index is 6.63.